The van der Waals surface area contributed by atoms with Crippen LogP contribution in [0, 0.1) is 11.7 Å². The number of benzene rings is 1. The van der Waals surface area contributed by atoms with Gasteiger partial charge in [0.2, 0.25) is 5.91 Å². The van der Waals surface area contributed by atoms with E-state index in [1.54, 1.807) is 19.1 Å². The van der Waals surface area contributed by atoms with Crippen LogP contribution in [-0.2, 0) is 17.9 Å². The number of carbonyl (C=O) groups is 1. The zero-order valence-corrected chi connectivity index (χ0v) is 14.9. The predicted octanol–water partition coefficient (Wildman–Crippen LogP) is 2.37. The third-order valence-electron chi connectivity index (χ3n) is 4.70. The normalized spacial score (nSPS) is 17.4. The largest absolute Gasteiger partial charge is 0.343 e. The van der Waals surface area contributed by atoms with Gasteiger partial charge in [0, 0.05) is 44.9 Å². The number of carbonyl (C=O) groups excluding carboxylic acids is 1. The van der Waals surface area contributed by atoms with Crippen molar-refractivity contribution in [1.29, 1.82) is 0 Å². The summed E-state index contributed by atoms with van der Waals surface area (Å²) in [6.07, 6.45) is 5.00. The zero-order valence-electron chi connectivity index (χ0n) is 14.9. The molecule has 3 rings (SSSR count). The molecule has 0 N–H and O–H groups in total. The van der Waals surface area contributed by atoms with Crippen molar-refractivity contribution in [2.24, 2.45) is 5.92 Å². The fourth-order valence-corrected chi connectivity index (χ4v) is 3.44. The zero-order chi connectivity index (χ0) is 17.8. The van der Waals surface area contributed by atoms with E-state index in [-0.39, 0.29) is 11.7 Å². The summed E-state index contributed by atoms with van der Waals surface area (Å²) in [7, 11) is 2.10. The fourth-order valence-electron chi connectivity index (χ4n) is 3.44. The van der Waals surface area contributed by atoms with E-state index in [9.17, 15) is 9.18 Å². The van der Waals surface area contributed by atoms with Crippen LogP contribution >= 0.6 is 0 Å². The lowest BCUT2D eigenvalue weighted by Crippen LogP contribution is -2.30. The minimum absolute atomic E-state index is 0.173. The van der Waals surface area contributed by atoms with Crippen LogP contribution in [0.25, 0.3) is 0 Å². The topological polar surface area (TPSA) is 41.4 Å². The maximum Gasteiger partial charge on any atom is 0.219 e. The molecular weight excluding hydrogens is 319 g/mol. The smallest absolute Gasteiger partial charge is 0.219 e. The molecule has 0 aliphatic carbocycles. The first-order valence-corrected chi connectivity index (χ1v) is 8.69. The highest BCUT2D eigenvalue weighted by Gasteiger charge is 2.25. The molecule has 1 aliphatic rings. The molecule has 5 nitrogen and oxygen atoms in total. The molecule has 1 aromatic carbocycles. The van der Waals surface area contributed by atoms with Gasteiger partial charge >= 0.3 is 0 Å². The number of likely N-dealkylation sites (tertiary alicyclic amines) is 1. The van der Waals surface area contributed by atoms with Crippen molar-refractivity contribution in [3.05, 3.63) is 53.6 Å². The van der Waals surface area contributed by atoms with E-state index in [4.69, 9.17) is 0 Å². The van der Waals surface area contributed by atoms with Crippen molar-refractivity contribution in [3.8, 4) is 0 Å². The molecule has 1 fully saturated rings. The quantitative estimate of drug-likeness (QED) is 0.808. The van der Waals surface area contributed by atoms with Gasteiger partial charge in [-0.15, -0.1) is 0 Å². The Morgan fingerprint density at radius 3 is 2.76 bits per heavy atom. The van der Waals surface area contributed by atoms with E-state index >= 15 is 0 Å². The molecule has 134 valence electrons. The van der Waals surface area contributed by atoms with E-state index < -0.39 is 0 Å². The number of aromatic nitrogens is 2. The van der Waals surface area contributed by atoms with Gasteiger partial charge in [-0.3, -0.25) is 9.48 Å². The Hall–Kier alpha value is -2.21. The molecule has 1 saturated heterocycles. The first-order valence-electron chi connectivity index (χ1n) is 8.69. The lowest BCUT2D eigenvalue weighted by atomic mass is 10.1. The van der Waals surface area contributed by atoms with Crippen LogP contribution in [-0.4, -0.2) is 52.2 Å². The van der Waals surface area contributed by atoms with Gasteiger partial charge in [0.05, 0.1) is 12.7 Å². The molecule has 1 amide bonds. The standard InChI is InChI=1S/C19H25FN4O/c1-15(25)23-8-7-17(12-23)10-22(2)11-18-9-21-24(14-18)13-16-3-5-19(20)6-4-16/h3-6,9,14,17H,7-8,10-13H2,1-2H3/t17-/m0/s1. The summed E-state index contributed by atoms with van der Waals surface area (Å²) in [5.41, 5.74) is 2.19. The molecule has 6 heteroatoms. The van der Waals surface area contributed by atoms with Gasteiger partial charge < -0.3 is 9.80 Å². The van der Waals surface area contributed by atoms with E-state index in [1.807, 2.05) is 22.0 Å². The Kier molecular flexibility index (Phi) is 5.48. The van der Waals surface area contributed by atoms with Crippen molar-refractivity contribution in [1.82, 2.24) is 19.6 Å². The Morgan fingerprint density at radius 1 is 1.32 bits per heavy atom. The first-order chi connectivity index (χ1) is 12.0. The molecular formula is C19H25FN4O. The number of nitrogens with zero attached hydrogens (tertiary/aromatic N) is 4. The van der Waals surface area contributed by atoms with Crippen molar-refractivity contribution >= 4 is 5.91 Å². The Bertz CT molecular complexity index is 712. The monoisotopic (exact) mass is 344 g/mol. The number of hydrogen-bond donors (Lipinski definition) is 0. The van der Waals surface area contributed by atoms with Gasteiger partial charge in [0.25, 0.3) is 0 Å². The van der Waals surface area contributed by atoms with Crippen LogP contribution in [0.15, 0.2) is 36.7 Å². The molecule has 0 saturated carbocycles. The summed E-state index contributed by atoms with van der Waals surface area (Å²) in [4.78, 5) is 15.6. The van der Waals surface area contributed by atoms with Crippen LogP contribution < -0.4 is 0 Å². The predicted molar refractivity (Wildman–Crippen MR) is 94.4 cm³/mol. The minimum Gasteiger partial charge on any atom is -0.343 e. The highest BCUT2D eigenvalue weighted by molar-refractivity contribution is 5.73. The second-order valence-corrected chi connectivity index (χ2v) is 6.99. The molecule has 1 aliphatic heterocycles. The summed E-state index contributed by atoms with van der Waals surface area (Å²) in [5.74, 6) is 0.497. The molecule has 25 heavy (non-hydrogen) atoms. The van der Waals surface area contributed by atoms with Crippen LogP contribution in [0.4, 0.5) is 4.39 Å². The molecule has 0 radical (unpaired) electrons. The molecule has 2 aromatic rings. The van der Waals surface area contributed by atoms with E-state index in [0.717, 1.165) is 43.7 Å². The van der Waals surface area contributed by atoms with E-state index in [1.165, 1.54) is 12.1 Å². The summed E-state index contributed by atoms with van der Waals surface area (Å²) in [5, 5.41) is 4.40. The highest BCUT2D eigenvalue weighted by Crippen LogP contribution is 2.18. The Labute approximate surface area is 148 Å². The molecule has 0 spiro atoms. The number of amides is 1. The molecule has 1 aromatic heterocycles. The molecule has 1 atom stereocenters. The second-order valence-electron chi connectivity index (χ2n) is 6.99. The Balaban J connectivity index is 1.49. The summed E-state index contributed by atoms with van der Waals surface area (Å²) in [6.45, 7) is 5.83. The van der Waals surface area contributed by atoms with E-state index in [2.05, 4.69) is 17.0 Å². The molecule has 0 bridgehead atoms. The van der Waals surface area contributed by atoms with E-state index in [0.29, 0.717) is 12.5 Å². The van der Waals surface area contributed by atoms with Crippen LogP contribution in [0.2, 0.25) is 0 Å². The Morgan fingerprint density at radius 2 is 2.08 bits per heavy atom. The maximum absolute atomic E-state index is 13.0. The van der Waals surface area contributed by atoms with Crippen molar-refractivity contribution in [2.45, 2.75) is 26.4 Å². The van der Waals surface area contributed by atoms with Gasteiger partial charge in [-0.1, -0.05) is 12.1 Å². The number of halogens is 1. The second kappa shape index (κ2) is 7.78. The SMILES string of the molecule is CC(=O)N1CC[C@@H](CN(C)Cc2cnn(Cc3ccc(F)cc3)c2)C1. The molecule has 0 unspecified atom stereocenters. The van der Waals surface area contributed by atoms with Crippen LogP contribution in [0.1, 0.15) is 24.5 Å². The van der Waals surface area contributed by atoms with Crippen molar-refractivity contribution < 1.29 is 9.18 Å². The average Bonchev–Trinajstić information content (AvgIpc) is 3.19. The number of hydrogen-bond acceptors (Lipinski definition) is 3. The van der Waals surface area contributed by atoms with Crippen LogP contribution in [0.3, 0.4) is 0 Å². The lowest BCUT2D eigenvalue weighted by molar-refractivity contribution is -0.127. The highest BCUT2D eigenvalue weighted by atomic mass is 19.1. The van der Waals surface area contributed by atoms with Gasteiger partial charge in [0.15, 0.2) is 0 Å². The van der Waals surface area contributed by atoms with Crippen molar-refractivity contribution in [3.63, 3.8) is 0 Å². The summed E-state index contributed by atoms with van der Waals surface area (Å²) >= 11 is 0. The number of rotatable bonds is 6. The fraction of sp³-hybridized carbons (Fsp3) is 0.474. The average molecular weight is 344 g/mol. The lowest BCUT2D eigenvalue weighted by Gasteiger charge is -2.20. The van der Waals surface area contributed by atoms with Gasteiger partial charge in [-0.25, -0.2) is 4.39 Å². The van der Waals surface area contributed by atoms with Gasteiger partial charge in [0.1, 0.15) is 5.82 Å². The van der Waals surface area contributed by atoms with Crippen LogP contribution in [0.5, 0.6) is 0 Å². The maximum atomic E-state index is 13.0. The minimum atomic E-state index is -0.221. The third-order valence-corrected chi connectivity index (χ3v) is 4.70. The molecule has 2 heterocycles. The van der Waals surface area contributed by atoms with Crippen molar-refractivity contribution in [2.75, 3.05) is 26.7 Å². The third kappa shape index (κ3) is 4.89. The first kappa shape index (κ1) is 17.6. The summed E-state index contributed by atoms with van der Waals surface area (Å²) < 4.78 is 14.8. The van der Waals surface area contributed by atoms with Gasteiger partial charge in [-0.05, 0) is 37.1 Å². The van der Waals surface area contributed by atoms with Gasteiger partial charge in [-0.2, -0.15) is 5.10 Å². The summed E-state index contributed by atoms with van der Waals surface area (Å²) in [6, 6.07) is 6.51.